The minimum atomic E-state index is -0.412. The number of rotatable bonds is 3. The largest absolute Gasteiger partial charge is 0.420 e. The Balaban J connectivity index is 1.65. The third kappa shape index (κ3) is 2.74. The van der Waals surface area contributed by atoms with E-state index in [9.17, 15) is 10.1 Å². The summed E-state index contributed by atoms with van der Waals surface area (Å²) in [5.74, 6) is 0.151. The number of nitrogens with one attached hydrogen (secondary N) is 1. The number of nitrogens with two attached hydrogens (primary N) is 1. The van der Waals surface area contributed by atoms with E-state index in [1.165, 1.54) is 0 Å². The van der Waals surface area contributed by atoms with E-state index in [2.05, 4.69) is 16.3 Å². The maximum Gasteiger partial charge on any atom is 0.244 e. The van der Waals surface area contributed by atoms with E-state index in [1.807, 2.05) is 46.9 Å². The van der Waals surface area contributed by atoms with Crippen LogP contribution in [0.15, 0.2) is 41.9 Å². The number of likely N-dealkylation sites (tertiary alicyclic amines) is 1. The summed E-state index contributed by atoms with van der Waals surface area (Å²) in [5, 5.41) is 18.0. The lowest BCUT2D eigenvalue weighted by molar-refractivity contribution is -0.130. The normalized spacial score (nSPS) is 18.4. The average molecular weight is 402 g/mol. The second kappa shape index (κ2) is 6.95. The lowest BCUT2D eigenvalue weighted by Crippen LogP contribution is -2.30. The third-order valence-corrected chi connectivity index (χ3v) is 6.02. The number of aryl methyl sites for hydroxylation is 1. The number of allylic oxidation sites excluding steroid dienone is 1. The number of para-hydroxylation sites is 1. The highest BCUT2D eigenvalue weighted by molar-refractivity contribution is 5.88. The van der Waals surface area contributed by atoms with Crippen LogP contribution in [0.25, 0.3) is 10.9 Å². The first-order chi connectivity index (χ1) is 14.6. The van der Waals surface area contributed by atoms with Crippen molar-refractivity contribution in [1.82, 2.24) is 19.7 Å². The van der Waals surface area contributed by atoms with Gasteiger partial charge in [0.05, 0.1) is 5.92 Å². The number of benzene rings is 1. The Hall–Kier alpha value is -3.73. The molecule has 1 amide bonds. The summed E-state index contributed by atoms with van der Waals surface area (Å²) in [6.45, 7) is 3.80. The van der Waals surface area contributed by atoms with Crippen LogP contribution in [0.2, 0.25) is 0 Å². The van der Waals surface area contributed by atoms with Crippen molar-refractivity contribution in [2.24, 2.45) is 5.73 Å². The second-order valence-electron chi connectivity index (χ2n) is 7.81. The van der Waals surface area contributed by atoms with Crippen molar-refractivity contribution in [3.05, 3.63) is 58.7 Å². The van der Waals surface area contributed by atoms with Gasteiger partial charge in [-0.3, -0.25) is 9.89 Å². The Labute approximate surface area is 173 Å². The molecule has 0 unspecified atom stereocenters. The zero-order valence-corrected chi connectivity index (χ0v) is 16.7. The van der Waals surface area contributed by atoms with Crippen LogP contribution in [-0.2, 0) is 11.3 Å². The first-order valence-electron chi connectivity index (χ1n) is 10.1. The molecule has 30 heavy (non-hydrogen) atoms. The number of aromatic amines is 1. The molecule has 3 N–H and O–H groups in total. The van der Waals surface area contributed by atoms with E-state index >= 15 is 0 Å². The molecular weight excluding hydrogens is 380 g/mol. The Morgan fingerprint density at radius 3 is 2.90 bits per heavy atom. The van der Waals surface area contributed by atoms with Crippen LogP contribution >= 0.6 is 0 Å². The number of amides is 1. The van der Waals surface area contributed by atoms with Gasteiger partial charge in [0.1, 0.15) is 18.2 Å². The van der Waals surface area contributed by atoms with Gasteiger partial charge in [0, 0.05) is 41.4 Å². The fourth-order valence-electron chi connectivity index (χ4n) is 4.56. The van der Waals surface area contributed by atoms with Gasteiger partial charge in [0.15, 0.2) is 0 Å². The van der Waals surface area contributed by atoms with Crippen LogP contribution in [0, 0.1) is 18.3 Å². The molecule has 1 aromatic carbocycles. The van der Waals surface area contributed by atoms with Crippen LogP contribution < -0.4 is 10.5 Å². The molecule has 1 atom stereocenters. The van der Waals surface area contributed by atoms with Gasteiger partial charge in [0.25, 0.3) is 0 Å². The monoisotopic (exact) mass is 402 g/mol. The lowest BCUT2D eigenvalue weighted by atomic mass is 9.84. The predicted molar refractivity (Wildman–Crippen MR) is 110 cm³/mol. The molecule has 3 aromatic rings. The van der Waals surface area contributed by atoms with E-state index in [0.717, 1.165) is 53.7 Å². The zero-order valence-electron chi connectivity index (χ0n) is 16.7. The Morgan fingerprint density at radius 1 is 1.37 bits per heavy atom. The summed E-state index contributed by atoms with van der Waals surface area (Å²) in [6, 6.07) is 10.1. The first-order valence-corrected chi connectivity index (χ1v) is 10.1. The quantitative estimate of drug-likeness (QED) is 0.699. The minimum Gasteiger partial charge on any atom is -0.420 e. The van der Waals surface area contributed by atoms with Crippen molar-refractivity contribution in [3.8, 4) is 11.9 Å². The van der Waals surface area contributed by atoms with Crippen molar-refractivity contribution in [3.63, 3.8) is 0 Å². The topological polar surface area (TPSA) is 113 Å². The molecule has 0 aliphatic carbocycles. The summed E-state index contributed by atoms with van der Waals surface area (Å²) in [7, 11) is 0. The van der Waals surface area contributed by atoms with Gasteiger partial charge in [-0.1, -0.05) is 18.2 Å². The van der Waals surface area contributed by atoms with E-state index in [-0.39, 0.29) is 18.3 Å². The van der Waals surface area contributed by atoms with Gasteiger partial charge in [-0.15, -0.1) is 5.10 Å². The highest BCUT2D eigenvalue weighted by Crippen LogP contribution is 2.45. The molecule has 0 spiro atoms. The molecular formula is C22H22N6O2. The number of nitriles is 1. The second-order valence-corrected chi connectivity index (χ2v) is 7.81. The fraction of sp³-hybridized carbons (Fsp3) is 0.318. The Bertz CT molecular complexity index is 1220. The number of ether oxygens (including phenoxy) is 1. The molecule has 8 heteroatoms. The molecule has 4 heterocycles. The maximum absolute atomic E-state index is 12.8. The highest BCUT2D eigenvalue weighted by Gasteiger charge is 2.36. The van der Waals surface area contributed by atoms with E-state index < -0.39 is 5.92 Å². The Morgan fingerprint density at radius 2 is 2.13 bits per heavy atom. The number of nitrogens with zero attached hydrogens (tertiary/aromatic N) is 4. The van der Waals surface area contributed by atoms with Crippen molar-refractivity contribution >= 4 is 16.8 Å². The van der Waals surface area contributed by atoms with Crippen molar-refractivity contribution < 1.29 is 9.53 Å². The molecule has 0 saturated carbocycles. The number of fused-ring (bicyclic) bond motifs is 2. The SMILES string of the molecule is Cc1[nH]nc2c1[C@@H](c1cn(CC(=O)N3CCCC3)c3ccccc13)C(C#N)=C(N)O2. The molecule has 1 fully saturated rings. The number of hydrogen-bond donors (Lipinski definition) is 2. The zero-order chi connectivity index (χ0) is 20.8. The molecule has 2 aromatic heterocycles. The fourth-order valence-corrected chi connectivity index (χ4v) is 4.56. The van der Waals surface area contributed by atoms with Gasteiger partial charge in [-0.25, -0.2) is 0 Å². The van der Waals surface area contributed by atoms with Crippen molar-refractivity contribution in [2.45, 2.75) is 32.2 Å². The standard InChI is InChI=1S/C22H22N6O2/c1-13-19-20(15(10-23)21(24)30-22(19)26-25-13)16-11-28(17-7-3-2-6-14(16)17)12-18(29)27-8-4-5-9-27/h2-3,6-7,11,20H,4-5,8-9,12,24H2,1H3,(H,25,26)/t20-/m1/s1. The smallest absolute Gasteiger partial charge is 0.244 e. The molecule has 0 radical (unpaired) electrons. The van der Waals surface area contributed by atoms with Crippen LogP contribution in [0.1, 0.15) is 35.6 Å². The van der Waals surface area contributed by atoms with Gasteiger partial charge >= 0.3 is 0 Å². The average Bonchev–Trinajstić information content (AvgIpc) is 3.47. The summed E-state index contributed by atoms with van der Waals surface area (Å²) < 4.78 is 7.56. The van der Waals surface area contributed by atoms with Crippen LogP contribution in [0.5, 0.6) is 5.88 Å². The van der Waals surface area contributed by atoms with E-state index in [0.29, 0.717) is 11.5 Å². The van der Waals surface area contributed by atoms with E-state index in [1.54, 1.807) is 0 Å². The van der Waals surface area contributed by atoms with Crippen LogP contribution in [0.4, 0.5) is 0 Å². The number of aromatic nitrogens is 3. The van der Waals surface area contributed by atoms with Gasteiger partial charge < -0.3 is 19.9 Å². The molecule has 0 bridgehead atoms. The number of carbonyl (C=O) groups excluding carboxylic acids is 1. The number of hydrogen-bond acceptors (Lipinski definition) is 5. The molecule has 5 rings (SSSR count). The first kappa shape index (κ1) is 18.3. The third-order valence-electron chi connectivity index (χ3n) is 6.02. The van der Waals surface area contributed by atoms with Crippen LogP contribution in [-0.4, -0.2) is 38.7 Å². The minimum absolute atomic E-state index is 0.0616. The molecule has 2 aliphatic rings. The lowest BCUT2D eigenvalue weighted by Gasteiger charge is -2.23. The predicted octanol–water partition coefficient (Wildman–Crippen LogP) is 2.51. The van der Waals surface area contributed by atoms with Crippen LogP contribution in [0.3, 0.4) is 0 Å². The van der Waals surface area contributed by atoms with Gasteiger partial charge in [-0.05, 0) is 31.4 Å². The Kier molecular flexibility index (Phi) is 4.24. The molecule has 1 saturated heterocycles. The van der Waals surface area contributed by atoms with Gasteiger partial charge in [-0.2, -0.15) is 5.26 Å². The number of H-pyrrole nitrogens is 1. The number of carbonyl (C=O) groups is 1. The van der Waals surface area contributed by atoms with Gasteiger partial charge in [0.2, 0.25) is 17.7 Å². The highest BCUT2D eigenvalue weighted by atomic mass is 16.5. The van der Waals surface area contributed by atoms with Crippen molar-refractivity contribution in [2.75, 3.05) is 13.1 Å². The molecule has 8 nitrogen and oxygen atoms in total. The van der Waals surface area contributed by atoms with E-state index in [4.69, 9.17) is 10.5 Å². The summed E-state index contributed by atoms with van der Waals surface area (Å²) in [5.41, 5.74) is 9.90. The van der Waals surface area contributed by atoms with Crippen molar-refractivity contribution in [1.29, 1.82) is 5.26 Å². The summed E-state index contributed by atoms with van der Waals surface area (Å²) in [6.07, 6.45) is 4.09. The maximum atomic E-state index is 12.8. The molecule has 2 aliphatic heterocycles. The summed E-state index contributed by atoms with van der Waals surface area (Å²) in [4.78, 5) is 14.7. The summed E-state index contributed by atoms with van der Waals surface area (Å²) >= 11 is 0. The molecule has 152 valence electrons.